The van der Waals surface area contributed by atoms with Crippen molar-refractivity contribution in [1.82, 2.24) is 5.32 Å². The monoisotopic (exact) mass is 709 g/mol. The number of aliphatic imine (C=N–C) groups is 1. The Morgan fingerprint density at radius 3 is 1.43 bits per heavy atom. The van der Waals surface area contributed by atoms with E-state index >= 15 is 0 Å². The zero-order valence-electron chi connectivity index (χ0n) is 34.4. The fraction of sp³-hybridized carbons (Fsp3) is 0.830. The number of nitrogens with zero attached hydrogens (tertiary/aromatic N) is 2. The van der Waals surface area contributed by atoms with E-state index in [0.29, 0.717) is 6.42 Å². The van der Waals surface area contributed by atoms with Gasteiger partial charge in [0, 0.05) is 18.4 Å². The third kappa shape index (κ3) is 24.3. The summed E-state index contributed by atoms with van der Waals surface area (Å²) in [4.78, 5) is 17.9. The van der Waals surface area contributed by atoms with Gasteiger partial charge in [0.25, 0.3) is 0 Å². The van der Waals surface area contributed by atoms with Gasteiger partial charge in [-0.3, -0.25) is 9.28 Å². The zero-order valence-corrected chi connectivity index (χ0v) is 34.4. The van der Waals surface area contributed by atoms with E-state index in [1.54, 1.807) is 0 Å². The van der Waals surface area contributed by atoms with Crippen LogP contribution in [0.5, 0.6) is 0 Å². The molecule has 4 nitrogen and oxygen atoms in total. The van der Waals surface area contributed by atoms with Gasteiger partial charge in [-0.25, -0.2) is 4.99 Å². The van der Waals surface area contributed by atoms with Gasteiger partial charge in [0.2, 0.25) is 5.91 Å². The van der Waals surface area contributed by atoms with Crippen molar-refractivity contribution in [3.8, 4) is 0 Å². The summed E-state index contributed by atoms with van der Waals surface area (Å²) in [5.41, 5.74) is 1.38. The van der Waals surface area contributed by atoms with Crippen molar-refractivity contribution in [2.75, 3.05) is 26.2 Å². The standard InChI is InChI=1S/C47H85N3O/c1-3-5-7-9-11-13-15-17-19-21-23-25-27-29-34-38-46-48-40-42-50(46,44-45-36-32-31-33-37-45)43-41-49-47(51)39-35-30-28-26-24-22-20-18-16-14-12-10-8-6-4-2/h31-33,36-37H,3-30,34-35,38-44H2,1-2H3/p+1. The van der Waals surface area contributed by atoms with Crippen molar-refractivity contribution in [2.45, 2.75) is 226 Å². The molecule has 1 aromatic rings. The summed E-state index contributed by atoms with van der Waals surface area (Å²) in [6, 6.07) is 11.0. The molecule has 0 aliphatic carbocycles. The third-order valence-corrected chi connectivity index (χ3v) is 11.6. The second kappa shape index (κ2) is 32.9. The minimum atomic E-state index is 0.239. The molecule has 1 aromatic carbocycles. The van der Waals surface area contributed by atoms with Gasteiger partial charge in [-0.15, -0.1) is 0 Å². The molecule has 0 spiro atoms. The van der Waals surface area contributed by atoms with Crippen molar-refractivity contribution in [2.24, 2.45) is 4.99 Å². The van der Waals surface area contributed by atoms with Gasteiger partial charge in [0.15, 0.2) is 5.84 Å². The number of amides is 1. The summed E-state index contributed by atoms with van der Waals surface area (Å²) >= 11 is 0. The SMILES string of the molecule is CCCCCCCCCCCCCCCCCC(=O)NCC[N+]1(Cc2ccccc2)CCN=C1CCCCCCCCCCCCCCCCC. The molecule has 1 atom stereocenters. The molecule has 51 heavy (non-hydrogen) atoms. The molecule has 1 heterocycles. The number of nitrogens with one attached hydrogen (secondary N) is 1. The number of hydrogen-bond acceptors (Lipinski definition) is 2. The lowest BCUT2D eigenvalue weighted by atomic mass is 10.0. The van der Waals surface area contributed by atoms with Crippen LogP contribution in [0, 0.1) is 0 Å². The Labute approximate surface area is 318 Å². The van der Waals surface area contributed by atoms with Crippen LogP contribution in [0.4, 0.5) is 0 Å². The summed E-state index contributed by atoms with van der Waals surface area (Å²) in [7, 11) is 0. The van der Waals surface area contributed by atoms with Crippen molar-refractivity contribution in [3.63, 3.8) is 0 Å². The summed E-state index contributed by atoms with van der Waals surface area (Å²) in [6.45, 7) is 9.29. The number of unbranched alkanes of at least 4 members (excludes halogenated alkanes) is 28. The molecule has 0 saturated heterocycles. The number of carbonyl (C=O) groups excluding carboxylic acids is 1. The van der Waals surface area contributed by atoms with Crippen LogP contribution in [0.15, 0.2) is 35.3 Å². The van der Waals surface area contributed by atoms with E-state index in [1.807, 2.05) is 0 Å². The average molecular weight is 709 g/mol. The molecule has 1 N–H and O–H groups in total. The Hall–Kier alpha value is -1.68. The highest BCUT2D eigenvalue weighted by atomic mass is 16.1. The van der Waals surface area contributed by atoms with Gasteiger partial charge >= 0.3 is 0 Å². The number of quaternary nitrogens is 1. The van der Waals surface area contributed by atoms with Crippen LogP contribution in [0.2, 0.25) is 0 Å². The van der Waals surface area contributed by atoms with Crippen LogP contribution >= 0.6 is 0 Å². The molecular weight excluding hydrogens is 623 g/mol. The Balaban J connectivity index is 1.55. The Morgan fingerprint density at radius 2 is 0.980 bits per heavy atom. The van der Waals surface area contributed by atoms with E-state index in [-0.39, 0.29) is 5.91 Å². The van der Waals surface area contributed by atoms with E-state index in [2.05, 4.69) is 49.5 Å². The quantitative estimate of drug-likeness (QED) is 0.0542. The summed E-state index contributed by atoms with van der Waals surface area (Å²) in [5, 5.41) is 3.30. The number of amidine groups is 1. The normalized spacial score (nSPS) is 15.8. The molecule has 294 valence electrons. The summed E-state index contributed by atoms with van der Waals surface area (Å²) in [5.74, 6) is 1.62. The van der Waals surface area contributed by atoms with Gasteiger partial charge in [-0.05, 0) is 12.8 Å². The van der Waals surface area contributed by atoms with Crippen LogP contribution in [-0.2, 0) is 11.3 Å². The molecule has 2 rings (SSSR count). The molecule has 0 radical (unpaired) electrons. The third-order valence-electron chi connectivity index (χ3n) is 11.6. The maximum absolute atomic E-state index is 12.8. The van der Waals surface area contributed by atoms with Crippen molar-refractivity contribution in [3.05, 3.63) is 35.9 Å². The van der Waals surface area contributed by atoms with E-state index < -0.39 is 0 Å². The number of hydrogen-bond donors (Lipinski definition) is 1. The predicted molar refractivity (Wildman–Crippen MR) is 225 cm³/mol. The molecule has 0 aromatic heterocycles. The van der Waals surface area contributed by atoms with Gasteiger partial charge in [0.05, 0.1) is 13.1 Å². The highest BCUT2D eigenvalue weighted by Gasteiger charge is 2.37. The average Bonchev–Trinajstić information content (AvgIpc) is 3.53. The Bertz CT molecular complexity index is 946. The first kappa shape index (κ1) is 45.5. The van der Waals surface area contributed by atoms with Gasteiger partial charge in [-0.1, -0.05) is 224 Å². The molecule has 0 bridgehead atoms. The molecule has 1 unspecified atom stereocenters. The zero-order chi connectivity index (χ0) is 36.3. The summed E-state index contributed by atoms with van der Waals surface area (Å²) in [6.07, 6.45) is 43.2. The molecule has 0 fully saturated rings. The molecule has 1 aliphatic rings. The maximum atomic E-state index is 12.8. The van der Waals surface area contributed by atoms with Gasteiger partial charge in [0.1, 0.15) is 19.6 Å². The molecule has 1 aliphatic heterocycles. The number of rotatable bonds is 37. The minimum absolute atomic E-state index is 0.239. The van der Waals surface area contributed by atoms with Gasteiger partial charge < -0.3 is 5.32 Å². The van der Waals surface area contributed by atoms with E-state index in [9.17, 15) is 4.79 Å². The highest BCUT2D eigenvalue weighted by Crippen LogP contribution is 2.24. The molecule has 0 saturated carbocycles. The lowest BCUT2D eigenvalue weighted by Gasteiger charge is -2.35. The number of benzene rings is 1. The number of carbonyl (C=O) groups is 1. The van der Waals surface area contributed by atoms with Crippen molar-refractivity contribution < 1.29 is 9.28 Å². The molecule has 4 heteroatoms. The Kier molecular flexibility index (Phi) is 29.4. The molecular formula is C47H86N3O+. The van der Waals surface area contributed by atoms with Crippen LogP contribution in [0.3, 0.4) is 0 Å². The predicted octanol–water partition coefficient (Wildman–Crippen LogP) is 14.1. The first-order valence-corrected chi connectivity index (χ1v) is 22.9. The van der Waals surface area contributed by atoms with E-state index in [4.69, 9.17) is 4.99 Å². The first-order chi connectivity index (χ1) is 25.2. The van der Waals surface area contributed by atoms with E-state index in [0.717, 1.165) is 50.0 Å². The largest absolute Gasteiger partial charge is 0.350 e. The fourth-order valence-electron chi connectivity index (χ4n) is 8.20. The molecule has 1 amide bonds. The fourth-order valence-corrected chi connectivity index (χ4v) is 8.20. The Morgan fingerprint density at radius 1 is 0.569 bits per heavy atom. The van der Waals surface area contributed by atoms with Crippen LogP contribution in [0.1, 0.15) is 225 Å². The first-order valence-electron chi connectivity index (χ1n) is 22.9. The van der Waals surface area contributed by atoms with Crippen LogP contribution in [-0.4, -0.2) is 42.4 Å². The second-order valence-electron chi connectivity index (χ2n) is 16.3. The summed E-state index contributed by atoms with van der Waals surface area (Å²) < 4.78 is 0.932. The van der Waals surface area contributed by atoms with Crippen LogP contribution in [0.25, 0.3) is 0 Å². The highest BCUT2D eigenvalue weighted by molar-refractivity contribution is 5.77. The van der Waals surface area contributed by atoms with E-state index in [1.165, 1.54) is 198 Å². The lowest BCUT2D eigenvalue weighted by Crippen LogP contribution is -2.53. The topological polar surface area (TPSA) is 41.5 Å². The lowest BCUT2D eigenvalue weighted by molar-refractivity contribution is -0.849. The minimum Gasteiger partial charge on any atom is -0.350 e. The smallest absolute Gasteiger partial charge is 0.220 e. The second-order valence-corrected chi connectivity index (χ2v) is 16.3. The van der Waals surface area contributed by atoms with Crippen molar-refractivity contribution >= 4 is 11.7 Å². The van der Waals surface area contributed by atoms with Gasteiger partial charge in [-0.2, -0.15) is 0 Å². The van der Waals surface area contributed by atoms with Crippen LogP contribution < -0.4 is 5.32 Å². The maximum Gasteiger partial charge on any atom is 0.220 e. The van der Waals surface area contributed by atoms with Crippen molar-refractivity contribution in [1.29, 1.82) is 0 Å².